The number of para-hydroxylation sites is 1. The smallest absolute Gasteiger partial charge is 0.253 e. The van der Waals surface area contributed by atoms with Gasteiger partial charge in [0.1, 0.15) is 0 Å². The van der Waals surface area contributed by atoms with E-state index in [0.29, 0.717) is 11.4 Å². The summed E-state index contributed by atoms with van der Waals surface area (Å²) in [5.41, 5.74) is 1.41. The lowest BCUT2D eigenvalue weighted by Crippen LogP contribution is -2.27. The monoisotopic (exact) mass is 256 g/mol. The third-order valence-electron chi connectivity index (χ3n) is 2.93. The molecule has 3 rings (SSSR count). The number of carbonyl (C=O) groups excluding carboxylic acids is 1. The summed E-state index contributed by atoms with van der Waals surface area (Å²) < 4.78 is 0. The van der Waals surface area contributed by atoms with Crippen molar-refractivity contribution in [1.29, 1.82) is 0 Å². The molecule has 0 saturated carbocycles. The standard InChI is InChI=1S/C12H12N6O/c1-7(11-15-17-18-16-11)14-12(19)9-4-2-3-8-5-6-13-10(8)9/h2-7,13H,1H3,(H,14,19)(H,15,16,17,18). The number of nitrogens with zero attached hydrogens (tertiary/aromatic N) is 3. The molecule has 0 fully saturated rings. The first-order valence-corrected chi connectivity index (χ1v) is 5.86. The topological polar surface area (TPSA) is 99.4 Å². The number of carbonyl (C=O) groups is 1. The second-order valence-corrected chi connectivity index (χ2v) is 4.21. The van der Waals surface area contributed by atoms with Gasteiger partial charge in [-0.2, -0.15) is 5.21 Å². The van der Waals surface area contributed by atoms with Crippen molar-refractivity contribution in [2.24, 2.45) is 0 Å². The maximum absolute atomic E-state index is 12.2. The lowest BCUT2D eigenvalue weighted by molar-refractivity contribution is 0.0940. The van der Waals surface area contributed by atoms with Crippen molar-refractivity contribution in [2.45, 2.75) is 13.0 Å². The molecule has 0 saturated heterocycles. The van der Waals surface area contributed by atoms with E-state index in [1.54, 1.807) is 13.0 Å². The van der Waals surface area contributed by atoms with E-state index < -0.39 is 0 Å². The molecular weight excluding hydrogens is 244 g/mol. The molecule has 3 aromatic rings. The molecule has 1 aromatic carbocycles. The van der Waals surface area contributed by atoms with Crippen LogP contribution in [0.2, 0.25) is 0 Å². The van der Waals surface area contributed by atoms with Gasteiger partial charge in [0.25, 0.3) is 5.91 Å². The van der Waals surface area contributed by atoms with Gasteiger partial charge in [-0.1, -0.05) is 17.3 Å². The van der Waals surface area contributed by atoms with E-state index in [2.05, 4.69) is 30.9 Å². The van der Waals surface area contributed by atoms with Gasteiger partial charge in [-0.05, 0) is 19.1 Å². The summed E-state index contributed by atoms with van der Waals surface area (Å²) in [6, 6.07) is 7.19. The number of H-pyrrole nitrogens is 2. The predicted octanol–water partition coefficient (Wildman–Crippen LogP) is 1.17. The van der Waals surface area contributed by atoms with E-state index >= 15 is 0 Å². The SMILES string of the molecule is CC(NC(=O)c1cccc2cc[nH]c12)c1nn[nH]n1. The van der Waals surface area contributed by atoms with Crippen molar-refractivity contribution in [3.05, 3.63) is 41.9 Å². The first kappa shape index (κ1) is 11.4. The molecular formula is C12H12N6O. The second-order valence-electron chi connectivity index (χ2n) is 4.21. The highest BCUT2D eigenvalue weighted by molar-refractivity contribution is 6.05. The summed E-state index contributed by atoms with van der Waals surface area (Å²) >= 11 is 0. The van der Waals surface area contributed by atoms with Gasteiger partial charge in [0.2, 0.25) is 0 Å². The van der Waals surface area contributed by atoms with Gasteiger partial charge in [0, 0.05) is 11.6 Å². The molecule has 0 bridgehead atoms. The Morgan fingerprint density at radius 1 is 1.37 bits per heavy atom. The number of hydrogen-bond acceptors (Lipinski definition) is 4. The number of nitrogens with one attached hydrogen (secondary N) is 3. The minimum atomic E-state index is -0.309. The van der Waals surface area contributed by atoms with Gasteiger partial charge in [-0.3, -0.25) is 4.79 Å². The Hall–Kier alpha value is -2.70. The number of amides is 1. The van der Waals surface area contributed by atoms with Crippen LogP contribution < -0.4 is 5.32 Å². The van der Waals surface area contributed by atoms with Crippen molar-refractivity contribution in [3.63, 3.8) is 0 Å². The molecule has 1 unspecified atom stereocenters. The van der Waals surface area contributed by atoms with Crippen LogP contribution in [0.4, 0.5) is 0 Å². The Morgan fingerprint density at radius 2 is 2.26 bits per heavy atom. The van der Waals surface area contributed by atoms with E-state index in [1.807, 2.05) is 24.4 Å². The normalized spacial score (nSPS) is 12.5. The van der Waals surface area contributed by atoms with Crippen molar-refractivity contribution >= 4 is 16.8 Å². The second kappa shape index (κ2) is 4.52. The molecule has 0 aliphatic heterocycles. The molecule has 96 valence electrons. The summed E-state index contributed by atoms with van der Waals surface area (Å²) in [5.74, 6) is 0.275. The molecule has 1 atom stereocenters. The summed E-state index contributed by atoms with van der Waals surface area (Å²) in [5, 5.41) is 17.4. The van der Waals surface area contributed by atoms with Crippen molar-refractivity contribution in [1.82, 2.24) is 30.9 Å². The van der Waals surface area contributed by atoms with Gasteiger partial charge in [-0.25, -0.2) is 0 Å². The van der Waals surface area contributed by atoms with Crippen molar-refractivity contribution in [2.75, 3.05) is 0 Å². The molecule has 0 aliphatic rings. The average molecular weight is 256 g/mol. The Bertz CT molecular complexity index is 702. The van der Waals surface area contributed by atoms with Crippen LogP contribution >= 0.6 is 0 Å². The summed E-state index contributed by atoms with van der Waals surface area (Å²) in [6.07, 6.45) is 1.81. The van der Waals surface area contributed by atoms with E-state index in [9.17, 15) is 4.79 Å². The fourth-order valence-electron chi connectivity index (χ4n) is 1.97. The number of tetrazole rings is 1. The molecule has 2 aromatic heterocycles. The van der Waals surface area contributed by atoms with Crippen LogP contribution in [0.1, 0.15) is 29.1 Å². The van der Waals surface area contributed by atoms with Gasteiger partial charge in [-0.15, -0.1) is 10.2 Å². The molecule has 0 spiro atoms. The summed E-state index contributed by atoms with van der Waals surface area (Å²) in [7, 11) is 0. The highest BCUT2D eigenvalue weighted by Crippen LogP contribution is 2.17. The van der Waals surface area contributed by atoms with Crippen LogP contribution in [0.25, 0.3) is 10.9 Å². The zero-order chi connectivity index (χ0) is 13.2. The Labute approximate surface area is 108 Å². The zero-order valence-corrected chi connectivity index (χ0v) is 10.2. The van der Waals surface area contributed by atoms with Crippen LogP contribution in [-0.2, 0) is 0 Å². The Morgan fingerprint density at radius 3 is 3.05 bits per heavy atom. The minimum Gasteiger partial charge on any atom is -0.361 e. The van der Waals surface area contributed by atoms with Crippen LogP contribution in [0.5, 0.6) is 0 Å². The fraction of sp³-hybridized carbons (Fsp3) is 0.167. The van der Waals surface area contributed by atoms with E-state index in [0.717, 1.165) is 10.9 Å². The summed E-state index contributed by atoms with van der Waals surface area (Å²) in [6.45, 7) is 1.80. The highest BCUT2D eigenvalue weighted by Gasteiger charge is 2.16. The number of aromatic nitrogens is 5. The van der Waals surface area contributed by atoms with Crippen LogP contribution in [0, 0.1) is 0 Å². The van der Waals surface area contributed by atoms with Gasteiger partial charge in [0.05, 0.1) is 17.1 Å². The number of hydrogen-bond donors (Lipinski definition) is 3. The molecule has 7 heteroatoms. The predicted molar refractivity (Wildman–Crippen MR) is 68.4 cm³/mol. The molecule has 2 heterocycles. The largest absolute Gasteiger partial charge is 0.361 e. The maximum atomic E-state index is 12.2. The van der Waals surface area contributed by atoms with Gasteiger partial charge >= 0.3 is 0 Å². The van der Waals surface area contributed by atoms with Crippen LogP contribution in [0.3, 0.4) is 0 Å². The molecule has 19 heavy (non-hydrogen) atoms. The number of rotatable bonds is 3. The third kappa shape index (κ3) is 2.05. The first-order chi connectivity index (χ1) is 9.25. The van der Waals surface area contributed by atoms with Gasteiger partial charge < -0.3 is 10.3 Å². The van der Waals surface area contributed by atoms with Crippen LogP contribution in [0.15, 0.2) is 30.5 Å². The molecule has 7 nitrogen and oxygen atoms in total. The minimum absolute atomic E-state index is 0.176. The Kier molecular flexibility index (Phi) is 2.71. The third-order valence-corrected chi connectivity index (χ3v) is 2.93. The average Bonchev–Trinajstić information content (AvgIpc) is 3.08. The molecule has 1 amide bonds. The van der Waals surface area contributed by atoms with Crippen molar-refractivity contribution in [3.8, 4) is 0 Å². The molecule has 0 aliphatic carbocycles. The molecule has 3 N–H and O–H groups in total. The zero-order valence-electron chi connectivity index (χ0n) is 10.2. The molecule has 0 radical (unpaired) electrons. The highest BCUT2D eigenvalue weighted by atomic mass is 16.1. The van der Waals surface area contributed by atoms with E-state index in [4.69, 9.17) is 0 Å². The van der Waals surface area contributed by atoms with Crippen molar-refractivity contribution < 1.29 is 4.79 Å². The van der Waals surface area contributed by atoms with Crippen LogP contribution in [-0.4, -0.2) is 31.5 Å². The quantitative estimate of drug-likeness (QED) is 0.655. The van der Waals surface area contributed by atoms with Gasteiger partial charge in [0.15, 0.2) is 5.82 Å². The number of benzene rings is 1. The maximum Gasteiger partial charge on any atom is 0.253 e. The fourth-order valence-corrected chi connectivity index (χ4v) is 1.97. The summed E-state index contributed by atoms with van der Waals surface area (Å²) in [4.78, 5) is 15.3. The lowest BCUT2D eigenvalue weighted by atomic mass is 10.1. The van der Waals surface area contributed by atoms with E-state index in [-0.39, 0.29) is 11.9 Å². The number of fused-ring (bicyclic) bond motifs is 1. The van der Waals surface area contributed by atoms with E-state index in [1.165, 1.54) is 0 Å². The number of aromatic amines is 2. The lowest BCUT2D eigenvalue weighted by Gasteiger charge is -2.10. The first-order valence-electron chi connectivity index (χ1n) is 5.86. The Balaban J connectivity index is 1.86.